The van der Waals surface area contributed by atoms with E-state index in [1.807, 2.05) is 39.8 Å². The van der Waals surface area contributed by atoms with Gasteiger partial charge in [0.2, 0.25) is 11.8 Å². The van der Waals surface area contributed by atoms with E-state index in [4.69, 9.17) is 4.74 Å². The average molecular weight is 373 g/mol. The molecule has 1 heterocycles. The molecule has 0 saturated carbocycles. The van der Waals surface area contributed by atoms with Crippen LogP contribution in [0.4, 0.5) is 16.2 Å². The molecule has 1 aliphatic heterocycles. The Labute approximate surface area is 160 Å². The van der Waals surface area contributed by atoms with Crippen LogP contribution in [-0.4, -0.2) is 42.6 Å². The Hall–Kier alpha value is -2.83. The third-order valence-electron chi connectivity index (χ3n) is 4.13. The van der Waals surface area contributed by atoms with E-state index in [2.05, 4.69) is 11.9 Å². The van der Waals surface area contributed by atoms with Gasteiger partial charge in [0.25, 0.3) is 0 Å². The fourth-order valence-electron chi connectivity index (χ4n) is 2.88. The van der Waals surface area contributed by atoms with Gasteiger partial charge in [0.1, 0.15) is 5.60 Å². The topological polar surface area (TPSA) is 79.0 Å². The summed E-state index contributed by atoms with van der Waals surface area (Å²) in [7, 11) is 0. The molecule has 1 aliphatic rings. The minimum Gasteiger partial charge on any atom is -0.443 e. The molecule has 7 nitrogen and oxygen atoms in total. The number of carbonyl (C=O) groups is 3. The maximum atomic E-state index is 12.8. The van der Waals surface area contributed by atoms with E-state index in [9.17, 15) is 14.4 Å². The Morgan fingerprint density at radius 1 is 1.26 bits per heavy atom. The number of hydrogen-bond acceptors (Lipinski definition) is 4. The SMILES string of the molecule is C=CC(=O)NCC(=O)N1CCC(C)N(C(=O)OC(C)(C)C)c2ccccc21. The zero-order valence-corrected chi connectivity index (χ0v) is 16.3. The van der Waals surface area contributed by atoms with Gasteiger partial charge >= 0.3 is 6.09 Å². The van der Waals surface area contributed by atoms with Crippen LogP contribution in [0.5, 0.6) is 0 Å². The molecule has 1 aromatic carbocycles. The average Bonchev–Trinajstić information content (AvgIpc) is 2.73. The van der Waals surface area contributed by atoms with Gasteiger partial charge in [-0.05, 0) is 52.3 Å². The Bertz CT molecular complexity index is 739. The molecule has 0 fully saturated rings. The number of hydrogen-bond donors (Lipinski definition) is 1. The van der Waals surface area contributed by atoms with Crippen molar-refractivity contribution in [1.82, 2.24) is 5.32 Å². The van der Waals surface area contributed by atoms with Crippen molar-refractivity contribution in [2.75, 3.05) is 22.9 Å². The highest BCUT2D eigenvalue weighted by Gasteiger charge is 2.34. The Kier molecular flexibility index (Phi) is 6.25. The van der Waals surface area contributed by atoms with Gasteiger partial charge in [0.15, 0.2) is 0 Å². The minimum absolute atomic E-state index is 0.139. The second kappa shape index (κ2) is 8.24. The van der Waals surface area contributed by atoms with Gasteiger partial charge in [-0.25, -0.2) is 4.79 Å². The largest absolute Gasteiger partial charge is 0.443 e. The van der Waals surface area contributed by atoms with Crippen molar-refractivity contribution in [2.24, 2.45) is 0 Å². The Balaban J connectivity index is 2.34. The number of para-hydroxylation sites is 2. The summed E-state index contributed by atoms with van der Waals surface area (Å²) in [6.45, 7) is 11.0. The summed E-state index contributed by atoms with van der Waals surface area (Å²) < 4.78 is 5.56. The van der Waals surface area contributed by atoms with Crippen molar-refractivity contribution in [3.63, 3.8) is 0 Å². The lowest BCUT2D eigenvalue weighted by molar-refractivity contribution is -0.122. The predicted octanol–water partition coefficient (Wildman–Crippen LogP) is 2.86. The summed E-state index contributed by atoms with van der Waals surface area (Å²) in [5.74, 6) is -0.661. The molecule has 27 heavy (non-hydrogen) atoms. The number of ether oxygens (including phenoxy) is 1. The first-order valence-corrected chi connectivity index (χ1v) is 8.96. The van der Waals surface area contributed by atoms with Crippen LogP contribution < -0.4 is 15.1 Å². The van der Waals surface area contributed by atoms with E-state index in [1.165, 1.54) is 0 Å². The van der Waals surface area contributed by atoms with Crippen molar-refractivity contribution in [1.29, 1.82) is 0 Å². The van der Waals surface area contributed by atoms with Crippen LogP contribution in [0.3, 0.4) is 0 Å². The first-order valence-electron chi connectivity index (χ1n) is 8.96. The third kappa shape index (κ3) is 5.09. The van der Waals surface area contributed by atoms with Gasteiger partial charge in [-0.15, -0.1) is 0 Å². The van der Waals surface area contributed by atoms with Crippen LogP contribution >= 0.6 is 0 Å². The number of benzene rings is 1. The molecule has 1 aromatic rings. The number of nitrogens with zero attached hydrogens (tertiary/aromatic N) is 2. The summed E-state index contributed by atoms with van der Waals surface area (Å²) in [5.41, 5.74) is 0.605. The van der Waals surface area contributed by atoms with Crippen LogP contribution in [0.25, 0.3) is 0 Å². The Morgan fingerprint density at radius 2 is 1.89 bits per heavy atom. The minimum atomic E-state index is -0.622. The summed E-state index contributed by atoms with van der Waals surface area (Å²) in [4.78, 5) is 40.1. The van der Waals surface area contributed by atoms with Crippen LogP contribution in [0.2, 0.25) is 0 Å². The molecule has 1 unspecified atom stereocenters. The quantitative estimate of drug-likeness (QED) is 0.827. The molecule has 3 amide bonds. The van der Waals surface area contributed by atoms with E-state index in [-0.39, 0.29) is 18.5 Å². The summed E-state index contributed by atoms with van der Waals surface area (Å²) in [6.07, 6.45) is 1.25. The number of amides is 3. The van der Waals surface area contributed by atoms with E-state index in [1.54, 1.807) is 21.9 Å². The molecule has 1 atom stereocenters. The second-order valence-electron chi connectivity index (χ2n) is 7.44. The van der Waals surface area contributed by atoms with E-state index in [0.717, 1.165) is 6.08 Å². The predicted molar refractivity (Wildman–Crippen MR) is 105 cm³/mol. The maximum absolute atomic E-state index is 12.8. The summed E-state index contributed by atoms with van der Waals surface area (Å²) in [6, 6.07) is 7.06. The first kappa shape index (κ1) is 20.5. The number of nitrogens with one attached hydrogen (secondary N) is 1. The van der Waals surface area contributed by atoms with Crippen molar-refractivity contribution in [2.45, 2.75) is 45.8 Å². The van der Waals surface area contributed by atoms with Crippen LogP contribution in [0, 0.1) is 0 Å². The highest BCUT2D eigenvalue weighted by molar-refractivity contribution is 6.03. The lowest BCUT2D eigenvalue weighted by Gasteiger charge is -2.31. The molecule has 1 N–H and O–H groups in total. The Morgan fingerprint density at radius 3 is 2.48 bits per heavy atom. The molecule has 146 valence electrons. The van der Waals surface area contributed by atoms with E-state index >= 15 is 0 Å². The van der Waals surface area contributed by atoms with Crippen molar-refractivity contribution < 1.29 is 19.1 Å². The number of rotatable bonds is 3. The molecule has 0 bridgehead atoms. The van der Waals surface area contributed by atoms with Crippen LogP contribution in [0.1, 0.15) is 34.1 Å². The molecular formula is C20H27N3O4. The van der Waals surface area contributed by atoms with E-state index < -0.39 is 17.6 Å². The molecular weight excluding hydrogens is 346 g/mol. The lowest BCUT2D eigenvalue weighted by atomic mass is 10.2. The zero-order chi connectivity index (χ0) is 20.2. The van der Waals surface area contributed by atoms with Crippen LogP contribution in [-0.2, 0) is 14.3 Å². The molecule has 0 aromatic heterocycles. The van der Waals surface area contributed by atoms with Crippen molar-refractivity contribution in [3.05, 3.63) is 36.9 Å². The maximum Gasteiger partial charge on any atom is 0.415 e. The molecule has 7 heteroatoms. The van der Waals surface area contributed by atoms with Crippen molar-refractivity contribution in [3.8, 4) is 0 Å². The molecule has 2 rings (SSSR count). The third-order valence-corrected chi connectivity index (χ3v) is 4.13. The normalized spacial score (nSPS) is 16.8. The lowest BCUT2D eigenvalue weighted by Crippen LogP contribution is -2.42. The monoisotopic (exact) mass is 373 g/mol. The number of fused-ring (bicyclic) bond motifs is 1. The van der Waals surface area contributed by atoms with Gasteiger partial charge in [-0.2, -0.15) is 0 Å². The van der Waals surface area contributed by atoms with Gasteiger partial charge in [-0.3, -0.25) is 14.5 Å². The highest BCUT2D eigenvalue weighted by Crippen LogP contribution is 2.35. The molecule has 0 saturated heterocycles. The standard InChI is InChI=1S/C20H27N3O4/c1-6-17(24)21-13-18(25)22-12-11-14(2)23(19(26)27-20(3,4)5)16-10-8-7-9-15(16)22/h6-10,14H,1,11-13H2,2-5H3,(H,21,24). The molecule has 0 spiro atoms. The zero-order valence-electron chi connectivity index (χ0n) is 16.3. The highest BCUT2D eigenvalue weighted by atomic mass is 16.6. The van der Waals surface area contributed by atoms with Gasteiger partial charge in [0.05, 0.1) is 17.9 Å². The smallest absolute Gasteiger partial charge is 0.415 e. The van der Waals surface area contributed by atoms with Crippen molar-refractivity contribution >= 4 is 29.3 Å². The fraction of sp³-hybridized carbons (Fsp3) is 0.450. The van der Waals surface area contributed by atoms with Gasteiger partial charge < -0.3 is 15.0 Å². The molecule has 0 radical (unpaired) electrons. The number of carbonyl (C=O) groups excluding carboxylic acids is 3. The van der Waals surface area contributed by atoms with Gasteiger partial charge in [-0.1, -0.05) is 18.7 Å². The fourth-order valence-corrected chi connectivity index (χ4v) is 2.88. The summed E-state index contributed by atoms with van der Waals surface area (Å²) in [5, 5.41) is 2.50. The van der Waals surface area contributed by atoms with Crippen LogP contribution in [0.15, 0.2) is 36.9 Å². The number of anilines is 2. The van der Waals surface area contributed by atoms with E-state index in [0.29, 0.717) is 24.3 Å². The first-order chi connectivity index (χ1) is 12.6. The second-order valence-corrected chi connectivity index (χ2v) is 7.44. The van der Waals surface area contributed by atoms with Gasteiger partial charge in [0, 0.05) is 12.6 Å². The summed E-state index contributed by atoms with van der Waals surface area (Å²) >= 11 is 0. The molecule has 0 aliphatic carbocycles.